The van der Waals surface area contributed by atoms with E-state index in [0.717, 1.165) is 6.42 Å². The first-order chi connectivity index (χ1) is 5.52. The molecule has 12 heavy (non-hydrogen) atoms. The Kier molecular flexibility index (Phi) is 5.46. The minimum atomic E-state index is -0.00725. The maximum atomic E-state index is 8.77. The molecule has 2 N–H and O–H groups in total. The van der Waals surface area contributed by atoms with Crippen LogP contribution in [0.25, 0.3) is 0 Å². The second-order valence-corrected chi connectivity index (χ2v) is 3.86. The maximum absolute atomic E-state index is 8.77. The van der Waals surface area contributed by atoms with Crippen LogP contribution in [0.15, 0.2) is 0 Å². The zero-order valence-corrected chi connectivity index (χ0v) is 8.55. The Hall–Kier alpha value is -0.120. The molecule has 0 aliphatic heterocycles. The van der Waals surface area contributed by atoms with Gasteiger partial charge >= 0.3 is 0 Å². The van der Waals surface area contributed by atoms with Crippen LogP contribution < -0.4 is 5.32 Å². The molecule has 0 radical (unpaired) electrons. The van der Waals surface area contributed by atoms with E-state index in [1.54, 1.807) is 7.11 Å². The van der Waals surface area contributed by atoms with Crippen LogP contribution in [0.5, 0.6) is 0 Å². The van der Waals surface area contributed by atoms with Gasteiger partial charge in [-0.2, -0.15) is 0 Å². The third kappa shape index (κ3) is 5.52. The summed E-state index contributed by atoms with van der Waals surface area (Å²) in [6, 6.07) is 0.330. The maximum Gasteiger partial charge on any atom is 0.0613 e. The van der Waals surface area contributed by atoms with Crippen molar-refractivity contribution >= 4 is 0 Å². The number of hydrogen-bond acceptors (Lipinski definition) is 3. The Bertz CT molecular complexity index is 115. The van der Waals surface area contributed by atoms with Gasteiger partial charge in [0.25, 0.3) is 0 Å². The van der Waals surface area contributed by atoms with Gasteiger partial charge in [-0.15, -0.1) is 0 Å². The number of aliphatic hydroxyl groups excluding tert-OH is 1. The van der Waals surface area contributed by atoms with Gasteiger partial charge in [-0.25, -0.2) is 0 Å². The average molecular weight is 175 g/mol. The summed E-state index contributed by atoms with van der Waals surface area (Å²) in [5.74, 6) is 0. The second kappa shape index (κ2) is 5.51. The molecule has 0 heterocycles. The number of rotatable bonds is 6. The van der Waals surface area contributed by atoms with Crippen molar-refractivity contribution in [3.05, 3.63) is 0 Å². The molecule has 0 spiro atoms. The first-order valence-electron chi connectivity index (χ1n) is 4.39. The van der Waals surface area contributed by atoms with Crippen molar-refractivity contribution in [1.82, 2.24) is 5.32 Å². The number of ether oxygens (including phenoxy) is 1. The monoisotopic (exact) mass is 175 g/mol. The molecule has 0 aromatic heterocycles. The van der Waals surface area contributed by atoms with E-state index in [1.807, 2.05) is 0 Å². The standard InChI is InChI=1S/C9H21NO2/c1-8(7-12-4)10-9(2,3)5-6-11/h8,10-11H,5-7H2,1-4H3. The predicted molar refractivity (Wildman–Crippen MR) is 50.3 cm³/mol. The van der Waals surface area contributed by atoms with E-state index in [1.165, 1.54) is 0 Å². The largest absolute Gasteiger partial charge is 0.396 e. The fraction of sp³-hybridized carbons (Fsp3) is 1.00. The van der Waals surface area contributed by atoms with Crippen molar-refractivity contribution in [2.24, 2.45) is 0 Å². The van der Waals surface area contributed by atoms with Crippen molar-refractivity contribution in [2.45, 2.75) is 38.8 Å². The summed E-state index contributed by atoms with van der Waals surface area (Å²) in [6.45, 7) is 7.15. The van der Waals surface area contributed by atoms with E-state index in [9.17, 15) is 0 Å². The molecule has 0 saturated carbocycles. The van der Waals surface area contributed by atoms with Gasteiger partial charge in [-0.3, -0.25) is 0 Å². The Labute approximate surface area is 75.1 Å². The molecular weight excluding hydrogens is 154 g/mol. The molecule has 0 fully saturated rings. The fourth-order valence-electron chi connectivity index (χ4n) is 1.31. The summed E-state index contributed by atoms with van der Waals surface area (Å²) >= 11 is 0. The summed E-state index contributed by atoms with van der Waals surface area (Å²) in [5, 5.41) is 12.1. The van der Waals surface area contributed by atoms with Gasteiger partial charge < -0.3 is 15.2 Å². The zero-order valence-electron chi connectivity index (χ0n) is 8.55. The predicted octanol–water partition coefficient (Wildman–Crippen LogP) is 0.772. The van der Waals surface area contributed by atoms with Crippen LogP contribution in [0.2, 0.25) is 0 Å². The molecule has 1 atom stereocenters. The number of nitrogens with one attached hydrogen (secondary N) is 1. The van der Waals surface area contributed by atoms with Crippen molar-refractivity contribution in [1.29, 1.82) is 0 Å². The van der Waals surface area contributed by atoms with Crippen LogP contribution in [0.3, 0.4) is 0 Å². The van der Waals surface area contributed by atoms with Crippen LogP contribution in [-0.4, -0.2) is 37.0 Å². The topological polar surface area (TPSA) is 41.5 Å². The molecule has 3 nitrogen and oxygen atoms in total. The van der Waals surface area contributed by atoms with Crippen LogP contribution in [0.4, 0.5) is 0 Å². The molecule has 0 saturated heterocycles. The highest BCUT2D eigenvalue weighted by molar-refractivity contribution is 4.79. The lowest BCUT2D eigenvalue weighted by Gasteiger charge is -2.29. The highest BCUT2D eigenvalue weighted by Gasteiger charge is 2.18. The molecule has 3 heteroatoms. The molecule has 0 aromatic carbocycles. The first kappa shape index (κ1) is 11.9. The summed E-state index contributed by atoms with van der Waals surface area (Å²) in [4.78, 5) is 0. The molecule has 0 aromatic rings. The smallest absolute Gasteiger partial charge is 0.0613 e. The lowest BCUT2D eigenvalue weighted by Crippen LogP contribution is -2.46. The van der Waals surface area contributed by atoms with E-state index in [2.05, 4.69) is 26.1 Å². The minimum Gasteiger partial charge on any atom is -0.396 e. The van der Waals surface area contributed by atoms with Gasteiger partial charge in [0.05, 0.1) is 6.61 Å². The van der Waals surface area contributed by atoms with Crippen LogP contribution in [0.1, 0.15) is 27.2 Å². The fourth-order valence-corrected chi connectivity index (χ4v) is 1.31. The summed E-state index contributed by atoms with van der Waals surface area (Å²) < 4.78 is 5.00. The van der Waals surface area contributed by atoms with Gasteiger partial charge in [-0.1, -0.05) is 0 Å². The SMILES string of the molecule is COCC(C)NC(C)(C)CCO. The van der Waals surface area contributed by atoms with E-state index >= 15 is 0 Å². The van der Waals surface area contributed by atoms with Gasteiger partial charge in [0, 0.05) is 25.3 Å². The molecule has 0 aliphatic carbocycles. The Morgan fingerprint density at radius 1 is 1.50 bits per heavy atom. The van der Waals surface area contributed by atoms with E-state index in [4.69, 9.17) is 9.84 Å². The third-order valence-electron chi connectivity index (χ3n) is 1.79. The minimum absolute atomic E-state index is 0.00725. The van der Waals surface area contributed by atoms with Crippen molar-refractivity contribution in [3.8, 4) is 0 Å². The molecule has 0 amide bonds. The average Bonchev–Trinajstić information content (AvgIpc) is 1.85. The van der Waals surface area contributed by atoms with Gasteiger partial charge in [0.1, 0.15) is 0 Å². The lowest BCUT2D eigenvalue weighted by molar-refractivity contribution is 0.146. The Morgan fingerprint density at radius 3 is 2.50 bits per heavy atom. The van der Waals surface area contributed by atoms with E-state index in [0.29, 0.717) is 12.6 Å². The molecule has 0 aliphatic rings. The lowest BCUT2D eigenvalue weighted by atomic mass is 10.0. The van der Waals surface area contributed by atoms with Gasteiger partial charge in [-0.05, 0) is 27.2 Å². The number of aliphatic hydroxyl groups is 1. The molecular formula is C9H21NO2. The van der Waals surface area contributed by atoms with Crippen molar-refractivity contribution < 1.29 is 9.84 Å². The molecule has 0 rings (SSSR count). The summed E-state index contributed by atoms with van der Waals surface area (Å²) in [7, 11) is 1.69. The Balaban J connectivity index is 3.70. The van der Waals surface area contributed by atoms with Crippen LogP contribution >= 0.6 is 0 Å². The molecule has 1 unspecified atom stereocenters. The van der Waals surface area contributed by atoms with Crippen LogP contribution in [-0.2, 0) is 4.74 Å². The van der Waals surface area contributed by atoms with E-state index in [-0.39, 0.29) is 12.1 Å². The highest BCUT2D eigenvalue weighted by atomic mass is 16.5. The first-order valence-corrected chi connectivity index (χ1v) is 4.39. The number of hydrogen-bond donors (Lipinski definition) is 2. The second-order valence-electron chi connectivity index (χ2n) is 3.86. The molecule has 0 bridgehead atoms. The zero-order chi connectivity index (χ0) is 9.61. The van der Waals surface area contributed by atoms with Gasteiger partial charge in [0.2, 0.25) is 0 Å². The highest BCUT2D eigenvalue weighted by Crippen LogP contribution is 2.08. The molecule has 74 valence electrons. The van der Waals surface area contributed by atoms with Crippen LogP contribution in [0, 0.1) is 0 Å². The van der Waals surface area contributed by atoms with Crippen molar-refractivity contribution in [2.75, 3.05) is 20.3 Å². The number of methoxy groups -OCH3 is 1. The van der Waals surface area contributed by atoms with E-state index < -0.39 is 0 Å². The van der Waals surface area contributed by atoms with Gasteiger partial charge in [0.15, 0.2) is 0 Å². The normalized spacial score (nSPS) is 14.8. The van der Waals surface area contributed by atoms with Crippen molar-refractivity contribution in [3.63, 3.8) is 0 Å². The third-order valence-corrected chi connectivity index (χ3v) is 1.79. The summed E-state index contributed by atoms with van der Waals surface area (Å²) in [6.07, 6.45) is 0.765. The quantitative estimate of drug-likeness (QED) is 0.626. The summed E-state index contributed by atoms with van der Waals surface area (Å²) in [5.41, 5.74) is -0.00725. The Morgan fingerprint density at radius 2 is 2.08 bits per heavy atom.